The second kappa shape index (κ2) is 4.58. The maximum atomic E-state index is 6.18. The molecule has 4 heteroatoms. The maximum absolute atomic E-state index is 6.18. The molecule has 0 unspecified atom stereocenters. The highest BCUT2D eigenvalue weighted by Crippen LogP contribution is 2.36. The molecule has 0 fully saturated rings. The Labute approximate surface area is 112 Å². The Kier molecular flexibility index (Phi) is 3.26. The Morgan fingerprint density at radius 1 is 1.22 bits per heavy atom. The molecule has 1 heterocycles. The summed E-state index contributed by atoms with van der Waals surface area (Å²) in [6.45, 7) is 6.04. The molecule has 0 radical (unpaired) electrons. The third-order valence-corrected chi connectivity index (χ3v) is 3.44. The van der Waals surface area contributed by atoms with E-state index < -0.39 is 0 Å². The highest BCUT2D eigenvalue weighted by atomic mass is 35.5. The van der Waals surface area contributed by atoms with Crippen LogP contribution in [-0.2, 0) is 0 Å². The van der Waals surface area contributed by atoms with E-state index in [-0.39, 0.29) is 0 Å². The van der Waals surface area contributed by atoms with E-state index in [2.05, 4.69) is 0 Å². The Hall–Kier alpha value is -1.61. The molecule has 2 aromatic rings. The normalized spacial score (nSPS) is 10.7. The fourth-order valence-electron chi connectivity index (χ4n) is 2.37. The minimum Gasteiger partial charge on any atom is -0.495 e. The van der Waals surface area contributed by atoms with Gasteiger partial charge in [0.2, 0.25) is 0 Å². The molecule has 0 bridgehead atoms. The van der Waals surface area contributed by atoms with Gasteiger partial charge in [0.1, 0.15) is 11.6 Å². The molecule has 18 heavy (non-hydrogen) atoms. The number of ether oxygens (including phenoxy) is 1. The van der Waals surface area contributed by atoms with E-state index in [1.54, 1.807) is 7.11 Å². The van der Waals surface area contributed by atoms with Gasteiger partial charge >= 0.3 is 0 Å². The molecular formula is C14H17ClN2O. The molecule has 2 rings (SSSR count). The van der Waals surface area contributed by atoms with Crippen LogP contribution in [0.5, 0.6) is 5.75 Å². The van der Waals surface area contributed by atoms with Crippen LogP contribution in [0.25, 0.3) is 5.69 Å². The van der Waals surface area contributed by atoms with Crippen LogP contribution in [0.3, 0.4) is 0 Å². The van der Waals surface area contributed by atoms with Crippen LogP contribution >= 0.6 is 11.6 Å². The molecule has 0 spiro atoms. The van der Waals surface area contributed by atoms with E-state index in [1.165, 1.54) is 0 Å². The van der Waals surface area contributed by atoms with Gasteiger partial charge < -0.3 is 15.0 Å². The lowest BCUT2D eigenvalue weighted by molar-refractivity contribution is 0.411. The molecule has 3 nitrogen and oxygen atoms in total. The van der Waals surface area contributed by atoms with E-state index in [0.717, 1.165) is 22.5 Å². The zero-order valence-corrected chi connectivity index (χ0v) is 11.8. The van der Waals surface area contributed by atoms with Crippen molar-refractivity contribution in [2.45, 2.75) is 20.8 Å². The van der Waals surface area contributed by atoms with Crippen molar-refractivity contribution < 1.29 is 4.74 Å². The third kappa shape index (κ3) is 1.85. The summed E-state index contributed by atoms with van der Waals surface area (Å²) < 4.78 is 7.38. The second-order valence-corrected chi connectivity index (χ2v) is 4.82. The highest BCUT2D eigenvalue weighted by molar-refractivity contribution is 6.32. The zero-order chi connectivity index (χ0) is 13.4. The van der Waals surface area contributed by atoms with Gasteiger partial charge in [0.25, 0.3) is 0 Å². The first-order chi connectivity index (χ1) is 8.47. The van der Waals surface area contributed by atoms with Gasteiger partial charge in [-0.1, -0.05) is 11.6 Å². The van der Waals surface area contributed by atoms with Crippen molar-refractivity contribution in [3.05, 3.63) is 40.0 Å². The van der Waals surface area contributed by atoms with Crippen LogP contribution in [0.2, 0.25) is 5.02 Å². The van der Waals surface area contributed by atoms with Crippen molar-refractivity contribution in [3.63, 3.8) is 0 Å². The summed E-state index contributed by atoms with van der Waals surface area (Å²) in [7, 11) is 1.62. The van der Waals surface area contributed by atoms with Gasteiger partial charge in [-0.3, -0.25) is 0 Å². The Morgan fingerprint density at radius 3 is 2.39 bits per heavy atom. The minimum atomic E-state index is 0.625. The number of hydrogen-bond donors (Lipinski definition) is 1. The highest BCUT2D eigenvalue weighted by Gasteiger charge is 2.16. The maximum Gasteiger partial charge on any atom is 0.142 e. The summed E-state index contributed by atoms with van der Waals surface area (Å²) in [5.41, 5.74) is 10.2. The Bertz CT molecular complexity index is 583. The van der Waals surface area contributed by atoms with Crippen molar-refractivity contribution in [2.24, 2.45) is 0 Å². The van der Waals surface area contributed by atoms with Crippen molar-refractivity contribution in [2.75, 3.05) is 12.8 Å². The first-order valence-corrected chi connectivity index (χ1v) is 6.13. The van der Waals surface area contributed by atoms with Crippen LogP contribution in [-0.4, -0.2) is 11.7 Å². The average molecular weight is 265 g/mol. The number of nitrogens with two attached hydrogens (primary N) is 1. The summed E-state index contributed by atoms with van der Waals surface area (Å²) in [6, 6.07) is 5.80. The fourth-order valence-corrected chi connectivity index (χ4v) is 2.75. The molecule has 1 aromatic carbocycles. The van der Waals surface area contributed by atoms with E-state index >= 15 is 0 Å². The van der Waals surface area contributed by atoms with Crippen LogP contribution in [0.15, 0.2) is 18.2 Å². The molecule has 96 valence electrons. The van der Waals surface area contributed by atoms with Crippen LogP contribution in [0.4, 0.5) is 5.82 Å². The van der Waals surface area contributed by atoms with Crippen LogP contribution in [0.1, 0.15) is 16.8 Å². The molecule has 2 N–H and O–H groups in total. The van der Waals surface area contributed by atoms with Crippen LogP contribution < -0.4 is 10.5 Å². The minimum absolute atomic E-state index is 0.625. The fraction of sp³-hybridized carbons (Fsp3) is 0.286. The van der Waals surface area contributed by atoms with E-state index in [9.17, 15) is 0 Å². The summed E-state index contributed by atoms with van der Waals surface area (Å²) in [5.74, 6) is 1.41. The van der Waals surface area contributed by atoms with Crippen LogP contribution in [0, 0.1) is 20.8 Å². The van der Waals surface area contributed by atoms with E-state index in [1.807, 2.05) is 43.5 Å². The quantitative estimate of drug-likeness (QED) is 0.899. The molecule has 0 aliphatic heterocycles. The number of nitrogen functional groups attached to an aromatic ring is 1. The van der Waals surface area contributed by atoms with Gasteiger partial charge in [-0.15, -0.1) is 0 Å². The van der Waals surface area contributed by atoms with Gasteiger partial charge in [0, 0.05) is 11.3 Å². The monoisotopic (exact) mass is 264 g/mol. The van der Waals surface area contributed by atoms with Crippen molar-refractivity contribution in [1.82, 2.24) is 4.57 Å². The Morgan fingerprint density at radius 2 is 1.89 bits per heavy atom. The standard InChI is InChI=1S/C14H17ClN2O/c1-8-7-11(15)14(18-4)10(3)13(8)17-9(2)5-6-12(17)16/h5-7H,16H2,1-4H3. The molecule has 0 saturated carbocycles. The number of benzene rings is 1. The number of anilines is 1. The number of nitrogens with zero attached hydrogens (tertiary/aromatic N) is 1. The lowest BCUT2D eigenvalue weighted by Gasteiger charge is -2.18. The summed E-state index contributed by atoms with van der Waals surface area (Å²) in [6.07, 6.45) is 0. The number of aryl methyl sites for hydroxylation is 2. The number of methoxy groups -OCH3 is 1. The first-order valence-electron chi connectivity index (χ1n) is 5.75. The van der Waals surface area contributed by atoms with Gasteiger partial charge in [-0.25, -0.2) is 0 Å². The summed E-state index contributed by atoms with van der Waals surface area (Å²) in [5, 5.41) is 0.625. The van der Waals surface area contributed by atoms with Gasteiger partial charge in [-0.2, -0.15) is 0 Å². The topological polar surface area (TPSA) is 40.2 Å². The smallest absolute Gasteiger partial charge is 0.142 e. The number of aromatic nitrogens is 1. The number of rotatable bonds is 2. The predicted octanol–water partition coefficient (Wildman–Crippen LogP) is 3.65. The second-order valence-electron chi connectivity index (χ2n) is 4.42. The molecule has 0 atom stereocenters. The number of halogens is 1. The molecule has 0 saturated heterocycles. The Balaban J connectivity index is 2.80. The van der Waals surface area contributed by atoms with Gasteiger partial charge in [0.15, 0.2) is 0 Å². The molecular weight excluding hydrogens is 248 g/mol. The van der Waals surface area contributed by atoms with Crippen molar-refractivity contribution in [3.8, 4) is 11.4 Å². The lowest BCUT2D eigenvalue weighted by Crippen LogP contribution is -2.07. The molecule has 0 amide bonds. The SMILES string of the molecule is COc1c(Cl)cc(C)c(-n2c(C)ccc2N)c1C. The lowest BCUT2D eigenvalue weighted by atomic mass is 10.1. The predicted molar refractivity (Wildman–Crippen MR) is 76.0 cm³/mol. The molecule has 1 aromatic heterocycles. The van der Waals surface area contributed by atoms with E-state index in [0.29, 0.717) is 16.6 Å². The van der Waals surface area contributed by atoms with Crippen molar-refractivity contribution >= 4 is 17.4 Å². The largest absolute Gasteiger partial charge is 0.495 e. The summed E-state index contributed by atoms with van der Waals surface area (Å²) in [4.78, 5) is 0. The zero-order valence-electron chi connectivity index (χ0n) is 11.0. The molecule has 0 aliphatic rings. The van der Waals surface area contributed by atoms with E-state index in [4.69, 9.17) is 22.1 Å². The van der Waals surface area contributed by atoms with Crippen molar-refractivity contribution in [1.29, 1.82) is 0 Å². The number of hydrogen-bond acceptors (Lipinski definition) is 2. The van der Waals surface area contributed by atoms with Gasteiger partial charge in [0.05, 0.1) is 17.8 Å². The summed E-state index contributed by atoms with van der Waals surface area (Å²) >= 11 is 6.18. The van der Waals surface area contributed by atoms with Gasteiger partial charge in [-0.05, 0) is 44.5 Å². The average Bonchev–Trinajstić information content (AvgIpc) is 2.61. The first kappa shape index (κ1) is 12.8. The third-order valence-electron chi connectivity index (χ3n) is 3.16. The molecule has 0 aliphatic carbocycles.